The summed E-state index contributed by atoms with van der Waals surface area (Å²) < 4.78 is 1.77. The fourth-order valence-corrected chi connectivity index (χ4v) is 4.90. The van der Waals surface area contributed by atoms with Crippen LogP contribution in [0.4, 0.5) is 11.6 Å². The van der Waals surface area contributed by atoms with Crippen molar-refractivity contribution in [2.75, 3.05) is 24.5 Å². The van der Waals surface area contributed by atoms with E-state index in [1.165, 1.54) is 18.4 Å². The maximum Gasteiger partial charge on any atom is 0.253 e. The minimum atomic E-state index is 0.0558. The molecule has 3 aromatic rings. The quantitative estimate of drug-likeness (QED) is 0.705. The van der Waals surface area contributed by atoms with E-state index in [2.05, 4.69) is 26.0 Å². The molecule has 6 rings (SSSR count). The summed E-state index contributed by atoms with van der Waals surface area (Å²) in [6.45, 7) is 2.22. The molecular formula is C23H25N7O. The van der Waals surface area contributed by atoms with Crippen LogP contribution in [0.1, 0.15) is 35.2 Å². The lowest BCUT2D eigenvalue weighted by molar-refractivity contribution is 0.0791. The van der Waals surface area contributed by atoms with E-state index in [1.54, 1.807) is 4.68 Å². The van der Waals surface area contributed by atoms with Gasteiger partial charge in [0.1, 0.15) is 0 Å². The third-order valence-electron chi connectivity index (χ3n) is 6.85. The molecule has 158 valence electrons. The Balaban J connectivity index is 1.33. The van der Waals surface area contributed by atoms with Crippen molar-refractivity contribution in [1.29, 1.82) is 0 Å². The largest absolute Gasteiger partial charge is 0.337 e. The molecule has 1 saturated heterocycles. The summed E-state index contributed by atoms with van der Waals surface area (Å²) in [5.41, 5.74) is 11.2. The van der Waals surface area contributed by atoms with Gasteiger partial charge >= 0.3 is 0 Å². The molecule has 1 spiro atoms. The van der Waals surface area contributed by atoms with Gasteiger partial charge in [0.25, 0.3) is 5.91 Å². The molecule has 1 saturated carbocycles. The summed E-state index contributed by atoms with van der Waals surface area (Å²) in [5.74, 6) is 0.728. The number of rotatable bonds is 3. The first-order valence-corrected chi connectivity index (χ1v) is 10.8. The number of carbonyl (C=O) groups excluding carboxylic acids is 1. The number of amides is 1. The minimum Gasteiger partial charge on any atom is -0.337 e. The summed E-state index contributed by atoms with van der Waals surface area (Å²) in [5, 5.41) is 4.22. The molecule has 0 radical (unpaired) electrons. The van der Waals surface area contributed by atoms with Crippen LogP contribution < -0.4 is 10.6 Å². The Morgan fingerprint density at radius 1 is 1.16 bits per heavy atom. The molecule has 1 atom stereocenters. The van der Waals surface area contributed by atoms with Gasteiger partial charge < -0.3 is 15.5 Å². The highest BCUT2D eigenvalue weighted by atomic mass is 16.2. The lowest BCUT2D eigenvalue weighted by Crippen LogP contribution is -2.31. The van der Waals surface area contributed by atoms with Crippen LogP contribution in [-0.4, -0.2) is 56.2 Å². The van der Waals surface area contributed by atoms with Crippen LogP contribution in [0.2, 0.25) is 0 Å². The molecule has 2 N–H and O–H groups in total. The molecule has 2 aliphatic heterocycles. The number of nitrogens with zero attached hydrogens (tertiary/aromatic N) is 6. The lowest BCUT2D eigenvalue weighted by Gasteiger charge is -2.19. The molecule has 2 fully saturated rings. The molecule has 31 heavy (non-hydrogen) atoms. The van der Waals surface area contributed by atoms with Crippen molar-refractivity contribution in [1.82, 2.24) is 24.6 Å². The molecule has 2 aromatic heterocycles. The fourth-order valence-electron chi connectivity index (χ4n) is 4.90. The molecule has 3 aliphatic rings. The zero-order valence-corrected chi connectivity index (χ0v) is 17.5. The van der Waals surface area contributed by atoms with Crippen molar-refractivity contribution < 1.29 is 4.79 Å². The Morgan fingerprint density at radius 3 is 2.61 bits per heavy atom. The van der Waals surface area contributed by atoms with Crippen LogP contribution in [0.25, 0.3) is 11.1 Å². The van der Waals surface area contributed by atoms with Crippen LogP contribution in [0.15, 0.2) is 43.0 Å². The van der Waals surface area contributed by atoms with Gasteiger partial charge in [0.15, 0.2) is 0 Å². The van der Waals surface area contributed by atoms with Gasteiger partial charge in [0.2, 0.25) is 5.95 Å². The number of aromatic nitrogens is 4. The van der Waals surface area contributed by atoms with E-state index in [-0.39, 0.29) is 17.4 Å². The lowest BCUT2D eigenvalue weighted by atomic mass is 9.97. The van der Waals surface area contributed by atoms with Crippen molar-refractivity contribution >= 4 is 17.5 Å². The van der Waals surface area contributed by atoms with E-state index < -0.39 is 0 Å². The van der Waals surface area contributed by atoms with Crippen molar-refractivity contribution in [3.8, 4) is 11.1 Å². The van der Waals surface area contributed by atoms with Crippen LogP contribution in [0, 0.1) is 0 Å². The van der Waals surface area contributed by atoms with Crippen molar-refractivity contribution in [3.05, 3.63) is 54.1 Å². The maximum atomic E-state index is 13.0. The highest BCUT2D eigenvalue weighted by Gasteiger charge is 2.52. The first-order chi connectivity index (χ1) is 15.0. The SMILES string of the molecule is Cn1cc(-c2cnc(N3CC4(CC4)c4ccc(C(=O)N5CC[C@@H](N)C5)cc43)nc2)cn1. The van der Waals surface area contributed by atoms with Crippen molar-refractivity contribution in [3.63, 3.8) is 0 Å². The standard InChI is InChI=1S/C23H25N7O/c1-28-12-17(11-27-28)16-9-25-22(26-10-16)30-14-23(5-6-23)19-3-2-15(8-20(19)30)21(31)29-7-4-18(24)13-29/h2-3,8-12,18H,4-7,13-14,24H2,1H3/t18-/m1/s1. The first-order valence-electron chi connectivity index (χ1n) is 10.8. The number of hydrogen-bond donors (Lipinski definition) is 1. The third-order valence-corrected chi connectivity index (χ3v) is 6.85. The number of likely N-dealkylation sites (tertiary alicyclic amines) is 1. The molecule has 0 bridgehead atoms. The normalized spacial score (nSPS) is 21.0. The number of aryl methyl sites for hydroxylation is 1. The van der Waals surface area contributed by atoms with Gasteiger partial charge in [-0.1, -0.05) is 6.07 Å². The second-order valence-corrected chi connectivity index (χ2v) is 9.07. The average molecular weight is 416 g/mol. The Labute approximate surface area is 180 Å². The minimum absolute atomic E-state index is 0.0558. The van der Waals surface area contributed by atoms with E-state index in [4.69, 9.17) is 5.73 Å². The number of hydrogen-bond acceptors (Lipinski definition) is 6. The monoisotopic (exact) mass is 415 g/mol. The average Bonchev–Trinajstić information content (AvgIpc) is 3.08. The van der Waals surface area contributed by atoms with E-state index in [1.807, 2.05) is 48.9 Å². The van der Waals surface area contributed by atoms with Crippen LogP contribution >= 0.6 is 0 Å². The topological polar surface area (TPSA) is 93.2 Å². The second-order valence-electron chi connectivity index (χ2n) is 9.07. The number of nitrogens with two attached hydrogens (primary N) is 1. The van der Waals surface area contributed by atoms with Gasteiger partial charge in [0, 0.05) is 79.1 Å². The van der Waals surface area contributed by atoms with Gasteiger partial charge in [-0.3, -0.25) is 9.48 Å². The summed E-state index contributed by atoms with van der Waals surface area (Å²) in [4.78, 5) is 26.4. The molecule has 1 aliphatic carbocycles. The van der Waals surface area contributed by atoms with E-state index >= 15 is 0 Å². The summed E-state index contributed by atoms with van der Waals surface area (Å²) in [7, 11) is 1.89. The summed E-state index contributed by atoms with van der Waals surface area (Å²) in [6, 6.07) is 6.21. The Kier molecular flexibility index (Phi) is 3.95. The molecular weight excluding hydrogens is 390 g/mol. The second kappa shape index (κ2) is 6.62. The molecule has 0 unspecified atom stereocenters. The van der Waals surface area contributed by atoms with E-state index in [9.17, 15) is 4.79 Å². The number of carbonyl (C=O) groups is 1. The Hall–Kier alpha value is -3.26. The van der Waals surface area contributed by atoms with Crippen LogP contribution in [0.3, 0.4) is 0 Å². The molecule has 8 nitrogen and oxygen atoms in total. The molecule has 4 heterocycles. The summed E-state index contributed by atoms with van der Waals surface area (Å²) >= 11 is 0. The first kappa shape index (κ1) is 18.5. The van der Waals surface area contributed by atoms with Gasteiger partial charge in [-0.25, -0.2) is 9.97 Å². The Morgan fingerprint density at radius 2 is 1.97 bits per heavy atom. The van der Waals surface area contributed by atoms with E-state index in [0.29, 0.717) is 18.1 Å². The number of anilines is 2. The van der Waals surface area contributed by atoms with Crippen LogP contribution in [-0.2, 0) is 12.5 Å². The van der Waals surface area contributed by atoms with Gasteiger partial charge in [-0.2, -0.15) is 5.10 Å². The maximum absolute atomic E-state index is 13.0. The summed E-state index contributed by atoms with van der Waals surface area (Å²) in [6.07, 6.45) is 10.6. The van der Waals surface area contributed by atoms with Crippen molar-refractivity contribution in [2.45, 2.75) is 30.7 Å². The smallest absolute Gasteiger partial charge is 0.253 e. The number of fused-ring (bicyclic) bond motifs is 2. The van der Waals surface area contributed by atoms with Crippen LogP contribution in [0.5, 0.6) is 0 Å². The third kappa shape index (κ3) is 3.01. The van der Waals surface area contributed by atoms with Gasteiger partial charge in [0.05, 0.1) is 6.20 Å². The Bertz CT molecular complexity index is 1160. The van der Waals surface area contributed by atoms with Gasteiger partial charge in [-0.05, 0) is 37.0 Å². The molecule has 1 amide bonds. The predicted octanol–water partition coefficient (Wildman–Crippen LogP) is 2.23. The van der Waals surface area contributed by atoms with Gasteiger partial charge in [-0.15, -0.1) is 0 Å². The fraction of sp³-hybridized carbons (Fsp3) is 0.391. The molecule has 1 aromatic carbocycles. The van der Waals surface area contributed by atoms with Crippen molar-refractivity contribution in [2.24, 2.45) is 12.8 Å². The van der Waals surface area contributed by atoms with E-state index in [0.717, 1.165) is 36.3 Å². The highest BCUT2D eigenvalue weighted by molar-refractivity contribution is 5.96. The zero-order chi connectivity index (χ0) is 21.2. The predicted molar refractivity (Wildman–Crippen MR) is 117 cm³/mol. The zero-order valence-electron chi connectivity index (χ0n) is 17.5. The number of benzene rings is 1. The molecule has 8 heteroatoms. The highest BCUT2D eigenvalue weighted by Crippen LogP contribution is 2.57.